The van der Waals surface area contributed by atoms with Crippen molar-refractivity contribution in [3.05, 3.63) is 34.7 Å². The van der Waals surface area contributed by atoms with Crippen molar-refractivity contribution >= 4 is 27.3 Å². The van der Waals surface area contributed by atoms with Gasteiger partial charge < -0.3 is 5.32 Å². The first-order chi connectivity index (χ1) is 10.2. The van der Waals surface area contributed by atoms with E-state index >= 15 is 0 Å². The molecule has 1 aromatic carbocycles. The fourth-order valence-corrected chi connectivity index (χ4v) is 4.02. The number of rotatable bonds is 6. The summed E-state index contributed by atoms with van der Waals surface area (Å²) < 4.78 is 1.39. The third-order valence-electron chi connectivity index (χ3n) is 4.44. The summed E-state index contributed by atoms with van der Waals surface area (Å²) in [6.07, 6.45) is 3.88. The van der Waals surface area contributed by atoms with E-state index in [2.05, 4.69) is 35.8 Å². The molecule has 1 N–H and O–H groups in total. The number of thiophene rings is 1. The van der Waals surface area contributed by atoms with Gasteiger partial charge in [0.25, 0.3) is 0 Å². The van der Waals surface area contributed by atoms with Gasteiger partial charge in [-0.3, -0.25) is 4.79 Å². The van der Waals surface area contributed by atoms with Gasteiger partial charge in [0.05, 0.1) is 0 Å². The topological polar surface area (TPSA) is 29.1 Å². The van der Waals surface area contributed by atoms with Gasteiger partial charge in [0.15, 0.2) is 0 Å². The predicted octanol–water partition coefficient (Wildman–Crippen LogP) is 4.48. The number of carbonyl (C=O) groups excluding carboxylic acids is 1. The summed E-state index contributed by atoms with van der Waals surface area (Å²) in [5, 5.41) is 6.83. The van der Waals surface area contributed by atoms with Crippen LogP contribution in [0.25, 0.3) is 10.1 Å². The lowest BCUT2D eigenvalue weighted by Crippen LogP contribution is -2.25. The SMILES string of the molecule is CCCC(=O)NCC1CC1c1csc2ccc(CC)cc12. The van der Waals surface area contributed by atoms with Crippen molar-refractivity contribution in [2.24, 2.45) is 5.92 Å². The standard InChI is InChI=1S/C18H23NOS/c1-3-5-18(20)19-10-13-9-14(13)16-11-21-17-7-6-12(4-2)8-15(16)17/h6-8,11,13-14H,3-5,9-10H2,1-2H3,(H,19,20). The van der Waals surface area contributed by atoms with Gasteiger partial charge in [-0.05, 0) is 59.1 Å². The molecule has 2 atom stereocenters. The molecular weight excluding hydrogens is 278 g/mol. The van der Waals surface area contributed by atoms with E-state index < -0.39 is 0 Å². The van der Waals surface area contributed by atoms with Crippen LogP contribution in [-0.4, -0.2) is 12.5 Å². The van der Waals surface area contributed by atoms with Crippen molar-refractivity contribution in [1.82, 2.24) is 5.32 Å². The van der Waals surface area contributed by atoms with E-state index in [1.165, 1.54) is 27.6 Å². The zero-order valence-corrected chi connectivity index (χ0v) is 13.6. The molecule has 1 heterocycles. The number of aryl methyl sites for hydroxylation is 1. The number of fused-ring (bicyclic) bond motifs is 1. The van der Waals surface area contributed by atoms with E-state index in [0.717, 1.165) is 19.4 Å². The maximum absolute atomic E-state index is 11.6. The van der Waals surface area contributed by atoms with Gasteiger partial charge in [0, 0.05) is 17.7 Å². The Morgan fingerprint density at radius 2 is 2.24 bits per heavy atom. The molecule has 112 valence electrons. The van der Waals surface area contributed by atoms with E-state index in [0.29, 0.717) is 18.3 Å². The molecule has 2 aromatic rings. The van der Waals surface area contributed by atoms with Crippen LogP contribution < -0.4 is 5.32 Å². The Labute approximate surface area is 130 Å². The van der Waals surface area contributed by atoms with Crippen LogP contribution >= 0.6 is 11.3 Å². The van der Waals surface area contributed by atoms with Crippen LogP contribution in [0.3, 0.4) is 0 Å². The minimum Gasteiger partial charge on any atom is -0.356 e. The van der Waals surface area contributed by atoms with Crippen molar-refractivity contribution in [2.45, 2.75) is 45.4 Å². The maximum atomic E-state index is 11.6. The molecule has 21 heavy (non-hydrogen) atoms. The number of nitrogens with one attached hydrogen (secondary N) is 1. The van der Waals surface area contributed by atoms with Crippen LogP contribution in [0.4, 0.5) is 0 Å². The number of hydrogen-bond acceptors (Lipinski definition) is 2. The molecule has 1 aliphatic carbocycles. The molecule has 1 fully saturated rings. The van der Waals surface area contributed by atoms with E-state index in [1.807, 2.05) is 18.3 Å². The van der Waals surface area contributed by atoms with Crippen molar-refractivity contribution in [3.63, 3.8) is 0 Å². The molecule has 1 amide bonds. The lowest BCUT2D eigenvalue weighted by Gasteiger charge is -2.04. The van der Waals surface area contributed by atoms with Gasteiger partial charge in [-0.25, -0.2) is 0 Å². The number of hydrogen-bond donors (Lipinski definition) is 1. The molecule has 0 aliphatic heterocycles. The predicted molar refractivity (Wildman–Crippen MR) is 90.0 cm³/mol. The monoisotopic (exact) mass is 301 g/mol. The number of amides is 1. The first-order valence-electron chi connectivity index (χ1n) is 7.99. The summed E-state index contributed by atoms with van der Waals surface area (Å²) in [5.41, 5.74) is 2.91. The Bertz CT molecular complexity index is 646. The van der Waals surface area contributed by atoms with Gasteiger partial charge in [0.2, 0.25) is 5.91 Å². The molecule has 3 heteroatoms. The second-order valence-electron chi connectivity index (χ2n) is 6.03. The lowest BCUT2D eigenvalue weighted by atomic mass is 10.0. The smallest absolute Gasteiger partial charge is 0.219 e. The highest BCUT2D eigenvalue weighted by Crippen LogP contribution is 2.50. The first kappa shape index (κ1) is 14.6. The lowest BCUT2D eigenvalue weighted by molar-refractivity contribution is -0.121. The summed E-state index contributed by atoms with van der Waals surface area (Å²) in [6, 6.07) is 6.84. The molecule has 2 unspecified atom stereocenters. The van der Waals surface area contributed by atoms with E-state index in [4.69, 9.17) is 0 Å². The molecule has 0 radical (unpaired) electrons. The molecule has 0 saturated heterocycles. The molecule has 0 spiro atoms. The van der Waals surface area contributed by atoms with Crippen LogP contribution in [0.15, 0.2) is 23.6 Å². The van der Waals surface area contributed by atoms with Crippen molar-refractivity contribution in [3.8, 4) is 0 Å². The molecule has 0 bridgehead atoms. The second-order valence-corrected chi connectivity index (χ2v) is 6.94. The summed E-state index contributed by atoms with van der Waals surface area (Å²) in [4.78, 5) is 11.6. The second kappa shape index (κ2) is 6.18. The van der Waals surface area contributed by atoms with Crippen molar-refractivity contribution < 1.29 is 4.79 Å². The Morgan fingerprint density at radius 3 is 3.00 bits per heavy atom. The third-order valence-corrected chi connectivity index (χ3v) is 5.42. The van der Waals surface area contributed by atoms with Gasteiger partial charge in [-0.15, -0.1) is 11.3 Å². The molecule has 1 aliphatic rings. The Kier molecular flexibility index (Phi) is 4.29. The average molecular weight is 301 g/mol. The maximum Gasteiger partial charge on any atom is 0.219 e. The number of benzene rings is 1. The molecule has 2 nitrogen and oxygen atoms in total. The van der Waals surface area contributed by atoms with Crippen LogP contribution in [0, 0.1) is 5.92 Å². The first-order valence-corrected chi connectivity index (χ1v) is 8.87. The summed E-state index contributed by atoms with van der Waals surface area (Å²) >= 11 is 1.85. The molecular formula is C18H23NOS. The summed E-state index contributed by atoms with van der Waals surface area (Å²) in [6.45, 7) is 5.09. The van der Waals surface area contributed by atoms with Crippen LogP contribution in [0.5, 0.6) is 0 Å². The Hall–Kier alpha value is -1.35. The average Bonchev–Trinajstić information content (AvgIpc) is 3.15. The van der Waals surface area contributed by atoms with Gasteiger partial charge in [0.1, 0.15) is 0 Å². The summed E-state index contributed by atoms with van der Waals surface area (Å²) in [7, 11) is 0. The van der Waals surface area contributed by atoms with Crippen molar-refractivity contribution in [2.75, 3.05) is 6.54 Å². The number of carbonyl (C=O) groups is 1. The van der Waals surface area contributed by atoms with Gasteiger partial charge in [-0.2, -0.15) is 0 Å². The quantitative estimate of drug-likeness (QED) is 0.837. The van der Waals surface area contributed by atoms with Crippen LogP contribution in [-0.2, 0) is 11.2 Å². The Morgan fingerprint density at radius 1 is 1.38 bits per heavy atom. The molecule has 3 rings (SSSR count). The third kappa shape index (κ3) is 3.13. The highest BCUT2D eigenvalue weighted by Gasteiger charge is 2.39. The Balaban J connectivity index is 1.67. The largest absolute Gasteiger partial charge is 0.356 e. The van der Waals surface area contributed by atoms with Crippen LogP contribution in [0.2, 0.25) is 0 Å². The minimum atomic E-state index is 0.201. The van der Waals surface area contributed by atoms with Gasteiger partial charge in [-0.1, -0.05) is 26.0 Å². The van der Waals surface area contributed by atoms with E-state index in [9.17, 15) is 4.79 Å². The minimum absolute atomic E-state index is 0.201. The van der Waals surface area contributed by atoms with E-state index in [-0.39, 0.29) is 5.91 Å². The fourth-order valence-electron chi connectivity index (χ4n) is 3.02. The fraction of sp³-hybridized carbons (Fsp3) is 0.500. The molecule has 1 aromatic heterocycles. The van der Waals surface area contributed by atoms with Crippen LogP contribution in [0.1, 0.15) is 50.2 Å². The zero-order chi connectivity index (χ0) is 14.8. The summed E-state index contributed by atoms with van der Waals surface area (Å²) in [5.74, 6) is 1.48. The highest BCUT2D eigenvalue weighted by molar-refractivity contribution is 7.17. The normalized spacial score (nSPS) is 20.7. The van der Waals surface area contributed by atoms with Crippen molar-refractivity contribution in [1.29, 1.82) is 0 Å². The molecule has 1 saturated carbocycles. The highest BCUT2D eigenvalue weighted by atomic mass is 32.1. The van der Waals surface area contributed by atoms with E-state index in [1.54, 1.807) is 0 Å². The van der Waals surface area contributed by atoms with Gasteiger partial charge >= 0.3 is 0 Å². The zero-order valence-electron chi connectivity index (χ0n) is 12.8.